The topological polar surface area (TPSA) is 34.1 Å². The zero-order chi connectivity index (χ0) is 14.8. The Balaban J connectivity index is 1.70. The maximum absolute atomic E-state index is 12.9. The lowest BCUT2D eigenvalue weighted by Crippen LogP contribution is -2.56. The van der Waals surface area contributed by atoms with E-state index in [-0.39, 0.29) is 5.41 Å². The van der Waals surface area contributed by atoms with Gasteiger partial charge in [0.2, 0.25) is 0 Å². The molecule has 4 aliphatic carbocycles. The second-order valence-corrected chi connectivity index (χ2v) is 8.94. The van der Waals surface area contributed by atoms with Gasteiger partial charge >= 0.3 is 0 Å². The van der Waals surface area contributed by atoms with Gasteiger partial charge in [-0.25, -0.2) is 0 Å². The van der Waals surface area contributed by atoms with Gasteiger partial charge in [0.25, 0.3) is 0 Å². The van der Waals surface area contributed by atoms with Gasteiger partial charge in [-0.15, -0.1) is 0 Å². The standard InChI is InChI=1S/C19H28O2/c1-18-7-3-4-14(18)17-15(6-8-18)19(2)9-5-13(20)10-12(19)11-16(17)21/h12,14-15,17H,3-11H2,1-2H3/t12-,14-,15-,17-,18-,19-/m0/s1. The molecule has 116 valence electrons. The first-order valence-electron chi connectivity index (χ1n) is 8.98. The molecule has 0 N–H and O–H groups in total. The molecule has 0 spiro atoms. The summed E-state index contributed by atoms with van der Waals surface area (Å²) in [7, 11) is 0. The van der Waals surface area contributed by atoms with Gasteiger partial charge in [-0.3, -0.25) is 9.59 Å². The summed E-state index contributed by atoms with van der Waals surface area (Å²) in [5.74, 6) is 2.77. The van der Waals surface area contributed by atoms with E-state index in [1.54, 1.807) is 0 Å². The molecule has 0 heterocycles. The minimum atomic E-state index is 0.260. The Morgan fingerprint density at radius 3 is 2.57 bits per heavy atom. The monoisotopic (exact) mass is 288 g/mol. The van der Waals surface area contributed by atoms with E-state index in [4.69, 9.17) is 0 Å². The first-order chi connectivity index (χ1) is 9.94. The van der Waals surface area contributed by atoms with Crippen LogP contribution in [0.15, 0.2) is 0 Å². The second kappa shape index (κ2) is 4.43. The molecular weight excluding hydrogens is 260 g/mol. The van der Waals surface area contributed by atoms with E-state index in [1.165, 1.54) is 32.1 Å². The lowest BCUT2D eigenvalue weighted by Gasteiger charge is -2.58. The van der Waals surface area contributed by atoms with Crippen LogP contribution in [-0.2, 0) is 9.59 Å². The van der Waals surface area contributed by atoms with Crippen LogP contribution in [0, 0.1) is 34.5 Å². The molecule has 0 radical (unpaired) electrons. The van der Waals surface area contributed by atoms with Gasteiger partial charge in [-0.1, -0.05) is 20.3 Å². The summed E-state index contributed by atoms with van der Waals surface area (Å²) in [5.41, 5.74) is 0.695. The molecule has 0 bridgehead atoms. The SMILES string of the molecule is C[C@@]12CCC[C@H]1[C@@H]1C(=O)C[C@@H]3CC(=O)CC[C@]3(C)[C@H]1CC2. The summed E-state index contributed by atoms with van der Waals surface area (Å²) in [6, 6.07) is 0. The third kappa shape index (κ3) is 1.83. The third-order valence-corrected chi connectivity index (χ3v) is 8.07. The van der Waals surface area contributed by atoms with E-state index in [0.717, 1.165) is 12.8 Å². The van der Waals surface area contributed by atoms with Crippen LogP contribution in [0.2, 0.25) is 0 Å². The molecule has 2 heteroatoms. The van der Waals surface area contributed by atoms with Crippen molar-refractivity contribution in [2.24, 2.45) is 34.5 Å². The van der Waals surface area contributed by atoms with Crippen molar-refractivity contribution in [3.63, 3.8) is 0 Å². The van der Waals surface area contributed by atoms with Gasteiger partial charge in [0.15, 0.2) is 0 Å². The van der Waals surface area contributed by atoms with Gasteiger partial charge in [0, 0.05) is 25.2 Å². The van der Waals surface area contributed by atoms with Crippen LogP contribution in [0.3, 0.4) is 0 Å². The minimum absolute atomic E-state index is 0.260. The van der Waals surface area contributed by atoms with E-state index in [2.05, 4.69) is 13.8 Å². The molecule has 4 rings (SSSR count). The molecule has 2 nitrogen and oxygen atoms in total. The predicted molar refractivity (Wildman–Crippen MR) is 81.7 cm³/mol. The Morgan fingerprint density at radius 1 is 0.952 bits per heavy atom. The predicted octanol–water partition coefficient (Wildman–Crippen LogP) is 4.17. The van der Waals surface area contributed by atoms with Gasteiger partial charge in [0.1, 0.15) is 11.6 Å². The van der Waals surface area contributed by atoms with E-state index in [9.17, 15) is 9.59 Å². The number of carbonyl (C=O) groups excluding carboxylic acids is 2. The first kappa shape index (κ1) is 14.0. The molecule has 0 aromatic heterocycles. The van der Waals surface area contributed by atoms with Crippen molar-refractivity contribution in [3.8, 4) is 0 Å². The molecule has 0 aromatic rings. The Kier molecular flexibility index (Phi) is 2.94. The lowest BCUT2D eigenvalue weighted by atomic mass is 9.45. The second-order valence-electron chi connectivity index (χ2n) is 8.94. The highest BCUT2D eigenvalue weighted by atomic mass is 16.1. The van der Waals surface area contributed by atoms with Gasteiger partial charge in [0.05, 0.1) is 0 Å². The summed E-state index contributed by atoms with van der Waals surface area (Å²) in [6.45, 7) is 4.85. The van der Waals surface area contributed by atoms with Gasteiger partial charge in [-0.2, -0.15) is 0 Å². The molecule has 0 unspecified atom stereocenters. The first-order valence-corrected chi connectivity index (χ1v) is 8.98. The summed E-state index contributed by atoms with van der Waals surface area (Å²) in [5, 5.41) is 0. The van der Waals surface area contributed by atoms with Gasteiger partial charge < -0.3 is 0 Å². The van der Waals surface area contributed by atoms with E-state index in [1.807, 2.05) is 0 Å². The molecule has 4 saturated carbocycles. The van der Waals surface area contributed by atoms with Crippen molar-refractivity contribution in [2.75, 3.05) is 0 Å². The number of hydrogen-bond donors (Lipinski definition) is 0. The van der Waals surface area contributed by atoms with Crippen LogP contribution < -0.4 is 0 Å². The Hall–Kier alpha value is -0.660. The van der Waals surface area contributed by atoms with Crippen LogP contribution in [0.25, 0.3) is 0 Å². The highest BCUT2D eigenvalue weighted by Crippen LogP contribution is 2.64. The number of carbonyl (C=O) groups is 2. The number of rotatable bonds is 0. The average Bonchev–Trinajstić information content (AvgIpc) is 2.82. The fourth-order valence-electron chi connectivity index (χ4n) is 6.71. The largest absolute Gasteiger partial charge is 0.300 e. The fourth-order valence-corrected chi connectivity index (χ4v) is 6.71. The minimum Gasteiger partial charge on any atom is -0.300 e. The third-order valence-electron chi connectivity index (χ3n) is 8.07. The summed E-state index contributed by atoms with van der Waals surface area (Å²) >= 11 is 0. The van der Waals surface area contributed by atoms with E-state index < -0.39 is 0 Å². The molecule has 0 amide bonds. The molecule has 21 heavy (non-hydrogen) atoms. The normalized spacial score (nSPS) is 53.0. The highest BCUT2D eigenvalue weighted by molar-refractivity contribution is 5.86. The van der Waals surface area contributed by atoms with Crippen molar-refractivity contribution < 1.29 is 9.59 Å². The number of hydrogen-bond acceptors (Lipinski definition) is 2. The van der Waals surface area contributed by atoms with Crippen molar-refractivity contribution in [3.05, 3.63) is 0 Å². The van der Waals surface area contributed by atoms with Crippen LogP contribution in [0.4, 0.5) is 0 Å². The summed E-state index contributed by atoms with van der Waals surface area (Å²) in [4.78, 5) is 24.8. The van der Waals surface area contributed by atoms with E-state index in [0.29, 0.717) is 53.5 Å². The Labute approximate surface area is 128 Å². The fraction of sp³-hybridized carbons (Fsp3) is 0.895. The number of fused-ring (bicyclic) bond motifs is 5. The molecule has 0 aromatic carbocycles. The van der Waals surface area contributed by atoms with Crippen molar-refractivity contribution in [1.82, 2.24) is 0 Å². The number of Topliss-reactive ketones (excluding diaryl/α,β-unsaturated/α-hetero) is 2. The zero-order valence-electron chi connectivity index (χ0n) is 13.5. The summed E-state index contributed by atoms with van der Waals surface area (Å²) < 4.78 is 0. The maximum atomic E-state index is 12.9. The van der Waals surface area contributed by atoms with Gasteiger partial charge in [-0.05, 0) is 60.7 Å². The van der Waals surface area contributed by atoms with Crippen LogP contribution in [0.5, 0.6) is 0 Å². The quantitative estimate of drug-likeness (QED) is 0.670. The Bertz CT molecular complexity index is 496. The lowest BCUT2D eigenvalue weighted by molar-refractivity contribution is -0.156. The maximum Gasteiger partial charge on any atom is 0.136 e. The Morgan fingerprint density at radius 2 is 1.76 bits per heavy atom. The average molecular weight is 288 g/mol. The van der Waals surface area contributed by atoms with Crippen LogP contribution in [-0.4, -0.2) is 11.6 Å². The van der Waals surface area contributed by atoms with Crippen LogP contribution >= 0.6 is 0 Å². The smallest absolute Gasteiger partial charge is 0.136 e. The zero-order valence-corrected chi connectivity index (χ0v) is 13.5. The highest BCUT2D eigenvalue weighted by Gasteiger charge is 2.60. The van der Waals surface area contributed by atoms with Crippen molar-refractivity contribution in [2.45, 2.75) is 71.6 Å². The van der Waals surface area contributed by atoms with E-state index >= 15 is 0 Å². The summed E-state index contributed by atoms with van der Waals surface area (Å²) in [6.07, 6.45) is 9.60. The van der Waals surface area contributed by atoms with Crippen molar-refractivity contribution >= 4 is 11.6 Å². The molecule has 4 aliphatic rings. The molecular formula is C19H28O2. The van der Waals surface area contributed by atoms with Crippen LogP contribution in [0.1, 0.15) is 71.6 Å². The van der Waals surface area contributed by atoms with Crippen molar-refractivity contribution in [1.29, 1.82) is 0 Å². The molecule has 4 fully saturated rings. The molecule has 6 atom stereocenters. The molecule has 0 saturated heterocycles. The molecule has 0 aliphatic heterocycles. The number of ketones is 2.